The molecule has 170 valence electrons. The van der Waals surface area contributed by atoms with Gasteiger partial charge < -0.3 is 20.3 Å². The molecule has 0 spiro atoms. The number of rotatable bonds is 5. The minimum atomic E-state index is -0.759. The standard InChI is InChI=1S/C26H28N4O3/c27-26(32)24-17-30(22-10-3-4-11-23(22)33-24)18-25(31)29-14-12-28(13-15-29)16-20-8-5-7-19-6-1-2-9-21(19)20/h1-11,24H,12-18H2,(H2,27,32)/t24-/m0/s1. The highest BCUT2D eigenvalue weighted by Gasteiger charge is 2.31. The Morgan fingerprint density at radius 3 is 2.45 bits per heavy atom. The Balaban J connectivity index is 1.21. The van der Waals surface area contributed by atoms with Crippen molar-refractivity contribution in [1.29, 1.82) is 0 Å². The highest BCUT2D eigenvalue weighted by Crippen LogP contribution is 2.33. The highest BCUT2D eigenvalue weighted by atomic mass is 16.5. The predicted octanol–water partition coefficient (Wildman–Crippen LogP) is 2.24. The van der Waals surface area contributed by atoms with Crippen LogP contribution in [-0.4, -0.2) is 67.0 Å². The van der Waals surface area contributed by atoms with E-state index in [2.05, 4.69) is 47.4 Å². The van der Waals surface area contributed by atoms with Gasteiger partial charge in [-0.25, -0.2) is 0 Å². The average molecular weight is 445 g/mol. The smallest absolute Gasteiger partial charge is 0.260 e. The minimum Gasteiger partial charge on any atom is -0.477 e. The van der Waals surface area contributed by atoms with Crippen LogP contribution in [-0.2, 0) is 16.1 Å². The normalized spacial score (nSPS) is 18.6. The van der Waals surface area contributed by atoms with E-state index in [9.17, 15) is 9.59 Å². The van der Waals surface area contributed by atoms with E-state index in [-0.39, 0.29) is 19.0 Å². The topological polar surface area (TPSA) is 79.1 Å². The molecule has 2 amide bonds. The molecule has 0 aromatic heterocycles. The number of carbonyl (C=O) groups is 2. The molecule has 3 aromatic carbocycles. The number of amides is 2. The second-order valence-corrected chi connectivity index (χ2v) is 8.65. The Hall–Kier alpha value is -3.58. The fourth-order valence-corrected chi connectivity index (χ4v) is 4.69. The van der Waals surface area contributed by atoms with Gasteiger partial charge >= 0.3 is 0 Å². The first-order chi connectivity index (χ1) is 16.1. The van der Waals surface area contributed by atoms with E-state index >= 15 is 0 Å². The molecule has 1 saturated heterocycles. The van der Waals surface area contributed by atoms with Gasteiger partial charge in [-0.1, -0.05) is 54.6 Å². The SMILES string of the molecule is NC(=O)[C@@H]1CN(CC(=O)N2CCN(Cc3cccc4ccccc34)CC2)c2ccccc2O1. The Morgan fingerprint density at radius 2 is 1.64 bits per heavy atom. The maximum Gasteiger partial charge on any atom is 0.260 e. The van der Waals surface area contributed by atoms with Gasteiger partial charge in [0.05, 0.1) is 18.8 Å². The molecule has 5 rings (SSSR count). The third-order valence-corrected chi connectivity index (χ3v) is 6.50. The summed E-state index contributed by atoms with van der Waals surface area (Å²) in [4.78, 5) is 31.1. The number of fused-ring (bicyclic) bond motifs is 2. The molecule has 2 aliphatic rings. The van der Waals surface area contributed by atoms with Crippen LogP contribution in [0.15, 0.2) is 66.7 Å². The molecule has 0 bridgehead atoms. The quantitative estimate of drug-likeness (QED) is 0.653. The molecule has 7 heteroatoms. The number of benzene rings is 3. The van der Waals surface area contributed by atoms with Crippen LogP contribution in [0.2, 0.25) is 0 Å². The lowest BCUT2D eigenvalue weighted by atomic mass is 10.0. The summed E-state index contributed by atoms with van der Waals surface area (Å²) in [6.07, 6.45) is -0.759. The predicted molar refractivity (Wildman–Crippen MR) is 128 cm³/mol. The van der Waals surface area contributed by atoms with Crippen molar-refractivity contribution in [2.24, 2.45) is 5.73 Å². The molecule has 0 radical (unpaired) electrons. The van der Waals surface area contributed by atoms with Gasteiger partial charge in [-0.3, -0.25) is 14.5 Å². The number of hydrogen-bond acceptors (Lipinski definition) is 5. The molecule has 1 fully saturated rings. The van der Waals surface area contributed by atoms with Crippen molar-refractivity contribution in [2.45, 2.75) is 12.6 Å². The van der Waals surface area contributed by atoms with Gasteiger partial charge in [-0.15, -0.1) is 0 Å². The largest absolute Gasteiger partial charge is 0.477 e. The van der Waals surface area contributed by atoms with Crippen molar-refractivity contribution < 1.29 is 14.3 Å². The van der Waals surface area contributed by atoms with Crippen molar-refractivity contribution in [3.8, 4) is 5.75 Å². The van der Waals surface area contributed by atoms with Crippen LogP contribution in [0.25, 0.3) is 10.8 Å². The van der Waals surface area contributed by atoms with E-state index < -0.39 is 12.0 Å². The Morgan fingerprint density at radius 1 is 0.909 bits per heavy atom. The van der Waals surface area contributed by atoms with Crippen LogP contribution < -0.4 is 15.4 Å². The second-order valence-electron chi connectivity index (χ2n) is 8.65. The summed E-state index contributed by atoms with van der Waals surface area (Å²) < 4.78 is 5.70. The van der Waals surface area contributed by atoms with Crippen LogP contribution in [0.3, 0.4) is 0 Å². The number of piperazine rings is 1. The molecular formula is C26H28N4O3. The van der Waals surface area contributed by atoms with Gasteiger partial charge in [0.2, 0.25) is 5.91 Å². The van der Waals surface area contributed by atoms with E-state index in [1.807, 2.05) is 28.0 Å². The van der Waals surface area contributed by atoms with Gasteiger partial charge in [0, 0.05) is 32.7 Å². The number of ether oxygens (including phenoxy) is 1. The van der Waals surface area contributed by atoms with Crippen molar-refractivity contribution in [2.75, 3.05) is 44.2 Å². The zero-order valence-corrected chi connectivity index (χ0v) is 18.5. The molecular weight excluding hydrogens is 416 g/mol. The summed E-state index contributed by atoms with van der Waals surface area (Å²) in [5.41, 5.74) is 7.61. The van der Waals surface area contributed by atoms with Crippen molar-refractivity contribution >= 4 is 28.3 Å². The van der Waals surface area contributed by atoms with Crippen LogP contribution in [0.5, 0.6) is 5.75 Å². The minimum absolute atomic E-state index is 0.0553. The summed E-state index contributed by atoms with van der Waals surface area (Å²) in [7, 11) is 0. The molecule has 0 aliphatic carbocycles. The summed E-state index contributed by atoms with van der Waals surface area (Å²) in [5.74, 6) is 0.115. The molecule has 0 unspecified atom stereocenters. The molecule has 0 saturated carbocycles. The fourth-order valence-electron chi connectivity index (χ4n) is 4.69. The summed E-state index contributed by atoms with van der Waals surface area (Å²) in [5, 5.41) is 2.54. The molecule has 2 aliphatic heterocycles. The molecule has 1 atom stereocenters. The first-order valence-electron chi connectivity index (χ1n) is 11.4. The van der Waals surface area contributed by atoms with Crippen LogP contribution in [0, 0.1) is 0 Å². The van der Waals surface area contributed by atoms with Crippen molar-refractivity contribution in [1.82, 2.24) is 9.80 Å². The molecule has 33 heavy (non-hydrogen) atoms. The average Bonchev–Trinajstić information content (AvgIpc) is 2.84. The third kappa shape index (κ3) is 4.50. The lowest BCUT2D eigenvalue weighted by Crippen LogP contribution is -2.53. The maximum absolute atomic E-state index is 13.1. The molecule has 7 nitrogen and oxygen atoms in total. The first-order valence-corrected chi connectivity index (χ1v) is 11.4. The summed E-state index contributed by atoms with van der Waals surface area (Å²) >= 11 is 0. The maximum atomic E-state index is 13.1. The van der Waals surface area contributed by atoms with Crippen LogP contribution >= 0.6 is 0 Å². The number of hydrogen-bond donors (Lipinski definition) is 1. The number of primary amides is 1. The van der Waals surface area contributed by atoms with Gasteiger partial charge in [0.1, 0.15) is 5.75 Å². The lowest BCUT2D eigenvalue weighted by Gasteiger charge is -2.38. The zero-order chi connectivity index (χ0) is 22.8. The molecule has 3 aromatic rings. The van der Waals surface area contributed by atoms with Gasteiger partial charge in [0.15, 0.2) is 6.10 Å². The number of para-hydroxylation sites is 2. The zero-order valence-electron chi connectivity index (χ0n) is 18.5. The Labute approximate surface area is 193 Å². The van der Waals surface area contributed by atoms with Gasteiger partial charge in [0.25, 0.3) is 5.91 Å². The van der Waals surface area contributed by atoms with Crippen molar-refractivity contribution in [3.63, 3.8) is 0 Å². The van der Waals surface area contributed by atoms with Crippen molar-refractivity contribution in [3.05, 3.63) is 72.3 Å². The Kier molecular flexibility index (Phi) is 5.88. The number of carbonyl (C=O) groups excluding carboxylic acids is 2. The van der Waals surface area contributed by atoms with Crippen LogP contribution in [0.4, 0.5) is 5.69 Å². The number of nitrogens with zero attached hydrogens (tertiary/aromatic N) is 3. The Bertz CT molecular complexity index is 1170. The lowest BCUT2D eigenvalue weighted by molar-refractivity contribution is -0.132. The number of anilines is 1. The molecule has 2 N–H and O–H groups in total. The monoisotopic (exact) mass is 444 g/mol. The summed E-state index contributed by atoms with van der Waals surface area (Å²) in [6.45, 7) is 4.40. The van der Waals surface area contributed by atoms with E-state index in [0.29, 0.717) is 18.8 Å². The van der Waals surface area contributed by atoms with E-state index in [1.165, 1.54) is 16.3 Å². The molecule has 2 heterocycles. The summed E-state index contributed by atoms with van der Waals surface area (Å²) in [6, 6.07) is 22.3. The van der Waals surface area contributed by atoms with Gasteiger partial charge in [-0.05, 0) is 28.5 Å². The first kappa shape index (κ1) is 21.3. The van der Waals surface area contributed by atoms with Crippen LogP contribution in [0.1, 0.15) is 5.56 Å². The fraction of sp³-hybridized carbons (Fsp3) is 0.308. The second kappa shape index (κ2) is 9.11. The highest BCUT2D eigenvalue weighted by molar-refractivity contribution is 5.86. The van der Waals surface area contributed by atoms with E-state index in [1.54, 1.807) is 6.07 Å². The van der Waals surface area contributed by atoms with Gasteiger partial charge in [-0.2, -0.15) is 0 Å². The van der Waals surface area contributed by atoms with E-state index in [4.69, 9.17) is 10.5 Å². The number of nitrogens with two attached hydrogens (primary N) is 1. The third-order valence-electron chi connectivity index (χ3n) is 6.50. The van der Waals surface area contributed by atoms with E-state index in [0.717, 1.165) is 25.3 Å².